The molecule has 0 unspecified atom stereocenters. The first-order valence-electron chi connectivity index (χ1n) is 16.9. The van der Waals surface area contributed by atoms with Crippen LogP contribution in [0.2, 0.25) is 0 Å². The van der Waals surface area contributed by atoms with Crippen molar-refractivity contribution in [1.29, 1.82) is 0 Å². The van der Waals surface area contributed by atoms with Gasteiger partial charge in [-0.15, -0.1) is 11.3 Å². The van der Waals surface area contributed by atoms with E-state index in [1.54, 1.807) is 25.6 Å². The van der Waals surface area contributed by atoms with Gasteiger partial charge in [0, 0.05) is 80.8 Å². The number of hydrogen-bond donors (Lipinski definition) is 1. The zero-order valence-electron chi connectivity index (χ0n) is 28.1. The van der Waals surface area contributed by atoms with Gasteiger partial charge in [0.05, 0.1) is 33.5 Å². The number of hydrogen-bond acceptors (Lipinski definition) is 9. The van der Waals surface area contributed by atoms with E-state index in [1.165, 1.54) is 52.3 Å². The lowest BCUT2D eigenvalue weighted by molar-refractivity contribution is 0.0388. The number of benzene rings is 2. The van der Waals surface area contributed by atoms with Crippen molar-refractivity contribution in [2.45, 2.75) is 31.9 Å². The van der Waals surface area contributed by atoms with E-state index in [1.807, 2.05) is 18.3 Å². The summed E-state index contributed by atoms with van der Waals surface area (Å²) in [6, 6.07) is 17.1. The Labute approximate surface area is 301 Å². The number of aromatic nitrogens is 3. The second-order valence-electron chi connectivity index (χ2n) is 12.7. The molecule has 1 amide bonds. The Bertz CT molecular complexity index is 2340. The zero-order chi connectivity index (χ0) is 35.8. The molecule has 6 aromatic rings. The number of amides is 1. The molecule has 0 aliphatic carbocycles. The molecule has 52 heavy (non-hydrogen) atoms. The van der Waals surface area contributed by atoms with Crippen LogP contribution in [0.15, 0.2) is 90.1 Å². The van der Waals surface area contributed by atoms with Crippen LogP contribution < -0.4 is 20.3 Å². The summed E-state index contributed by atoms with van der Waals surface area (Å²) in [7, 11) is 1.77. The third-order valence-electron chi connectivity index (χ3n) is 9.32. The molecular weight excluding hydrogens is 689 g/mol. The monoisotopic (exact) mass is 721 g/mol. The molecule has 0 spiro atoms. The van der Waals surface area contributed by atoms with Crippen LogP contribution in [0, 0.1) is 11.6 Å². The Balaban J connectivity index is 0.982. The van der Waals surface area contributed by atoms with Gasteiger partial charge < -0.3 is 19.5 Å². The molecule has 0 saturated carbocycles. The molecule has 1 N–H and O–H groups in total. The normalized spacial score (nSPS) is 14.7. The number of carbonyl (C=O) groups excluding carboxylic acids is 1. The van der Waals surface area contributed by atoms with Crippen LogP contribution in [0.4, 0.5) is 14.5 Å². The lowest BCUT2D eigenvalue weighted by Crippen LogP contribution is -2.36. The van der Waals surface area contributed by atoms with Crippen molar-refractivity contribution in [1.82, 2.24) is 19.4 Å². The number of rotatable bonds is 9. The molecule has 0 radical (unpaired) electrons. The summed E-state index contributed by atoms with van der Waals surface area (Å²) in [4.78, 5) is 39.5. The van der Waals surface area contributed by atoms with Gasteiger partial charge in [-0.3, -0.25) is 29.0 Å². The van der Waals surface area contributed by atoms with Crippen LogP contribution in [-0.4, -0.2) is 58.3 Å². The molecule has 2 aliphatic rings. The van der Waals surface area contributed by atoms with Gasteiger partial charge in [-0.25, -0.2) is 8.78 Å². The number of likely N-dealkylation sites (tertiary alicyclic amines) is 1. The number of nitrogens with zero attached hydrogens (tertiary/aromatic N) is 4. The molecule has 0 atom stereocenters. The van der Waals surface area contributed by atoms with Crippen LogP contribution in [-0.2, 0) is 17.7 Å². The Morgan fingerprint density at radius 2 is 1.85 bits per heavy atom. The smallest absolute Gasteiger partial charge is 0.271 e. The molecule has 264 valence electrons. The summed E-state index contributed by atoms with van der Waals surface area (Å²) < 4.78 is 48.2. The zero-order valence-corrected chi connectivity index (χ0v) is 28.9. The third-order valence-corrected chi connectivity index (χ3v) is 10.5. The van der Waals surface area contributed by atoms with Crippen molar-refractivity contribution in [3.05, 3.63) is 124 Å². The second-order valence-corrected chi connectivity index (χ2v) is 13.8. The minimum atomic E-state index is -0.761. The van der Waals surface area contributed by atoms with Gasteiger partial charge in [0.2, 0.25) is 0 Å². The van der Waals surface area contributed by atoms with Crippen LogP contribution in [0.5, 0.6) is 17.2 Å². The SMILES string of the molecule is COC1CCN(Cc2ccc(-c3cc4nccc(Oc5ccc(NC(=O)c6c7c(cn(-c8ccc(F)cc8)c6=O)CCO7)cc5F)c4s3)nc2)CC1. The summed E-state index contributed by atoms with van der Waals surface area (Å²) in [5.41, 5.74) is 2.94. The molecule has 1 fully saturated rings. The minimum Gasteiger partial charge on any atom is -0.492 e. The van der Waals surface area contributed by atoms with Crippen molar-refractivity contribution in [2.75, 3.05) is 32.1 Å². The van der Waals surface area contributed by atoms with E-state index >= 15 is 4.39 Å². The number of fused-ring (bicyclic) bond motifs is 2. The average Bonchev–Trinajstić information content (AvgIpc) is 3.81. The molecule has 8 rings (SSSR count). The molecule has 10 nitrogen and oxygen atoms in total. The second kappa shape index (κ2) is 14.3. The number of anilines is 1. The van der Waals surface area contributed by atoms with Crippen molar-refractivity contribution in [2.24, 2.45) is 0 Å². The van der Waals surface area contributed by atoms with Crippen molar-refractivity contribution in [3.63, 3.8) is 0 Å². The Kier molecular flexibility index (Phi) is 9.22. The van der Waals surface area contributed by atoms with Gasteiger partial charge in [-0.05, 0) is 66.9 Å². The number of carbonyl (C=O) groups is 1. The van der Waals surface area contributed by atoms with Crippen LogP contribution in [0.1, 0.15) is 34.3 Å². The van der Waals surface area contributed by atoms with Gasteiger partial charge >= 0.3 is 0 Å². The first-order chi connectivity index (χ1) is 25.3. The summed E-state index contributed by atoms with van der Waals surface area (Å²) in [6.07, 6.45) is 7.98. The van der Waals surface area contributed by atoms with Gasteiger partial charge in [0.1, 0.15) is 22.9 Å². The fraction of sp³-hybridized carbons (Fsp3) is 0.231. The fourth-order valence-electron chi connectivity index (χ4n) is 6.57. The number of thiophene rings is 1. The maximum absolute atomic E-state index is 15.5. The highest BCUT2D eigenvalue weighted by molar-refractivity contribution is 7.22. The average molecular weight is 722 g/mol. The van der Waals surface area contributed by atoms with E-state index in [4.69, 9.17) is 19.2 Å². The fourth-order valence-corrected chi connectivity index (χ4v) is 7.61. The predicted molar refractivity (Wildman–Crippen MR) is 194 cm³/mol. The summed E-state index contributed by atoms with van der Waals surface area (Å²) in [6.45, 7) is 3.13. The number of methoxy groups -OCH3 is 1. The molecule has 0 bridgehead atoms. The lowest BCUT2D eigenvalue weighted by Gasteiger charge is -2.31. The molecule has 4 aromatic heterocycles. The Hall–Kier alpha value is -5.50. The van der Waals surface area contributed by atoms with E-state index in [0.717, 1.165) is 59.4 Å². The molecule has 2 aromatic carbocycles. The number of nitrogens with one attached hydrogen (secondary N) is 1. The third kappa shape index (κ3) is 6.77. The van der Waals surface area contributed by atoms with Crippen LogP contribution >= 0.6 is 11.3 Å². The Morgan fingerprint density at radius 3 is 2.60 bits per heavy atom. The van der Waals surface area contributed by atoms with Crippen molar-refractivity contribution in [3.8, 4) is 33.5 Å². The van der Waals surface area contributed by atoms with E-state index in [-0.39, 0.29) is 22.7 Å². The predicted octanol–water partition coefficient (Wildman–Crippen LogP) is 7.38. The highest BCUT2D eigenvalue weighted by Gasteiger charge is 2.27. The maximum atomic E-state index is 15.5. The summed E-state index contributed by atoms with van der Waals surface area (Å²) in [5.74, 6) is -1.38. The maximum Gasteiger partial charge on any atom is 0.271 e. The lowest BCUT2D eigenvalue weighted by atomic mass is 10.1. The van der Waals surface area contributed by atoms with E-state index < -0.39 is 23.1 Å². The highest BCUT2D eigenvalue weighted by atomic mass is 32.1. The van der Waals surface area contributed by atoms with Crippen LogP contribution in [0.25, 0.3) is 26.5 Å². The molecular formula is C39H33F2N5O5S. The van der Waals surface area contributed by atoms with Crippen molar-refractivity contribution >= 4 is 33.1 Å². The van der Waals surface area contributed by atoms with Gasteiger partial charge in [0.15, 0.2) is 11.6 Å². The first-order valence-corrected chi connectivity index (χ1v) is 17.7. The number of pyridine rings is 3. The number of ether oxygens (including phenoxy) is 3. The van der Waals surface area contributed by atoms with Gasteiger partial charge in [0.25, 0.3) is 11.5 Å². The topological polar surface area (TPSA) is 108 Å². The van der Waals surface area contributed by atoms with Crippen LogP contribution in [0.3, 0.4) is 0 Å². The number of piperidine rings is 1. The van der Waals surface area contributed by atoms with E-state index in [2.05, 4.69) is 21.3 Å². The largest absolute Gasteiger partial charge is 0.492 e. The molecule has 13 heteroatoms. The molecule has 1 saturated heterocycles. The minimum absolute atomic E-state index is 0.0555. The first kappa shape index (κ1) is 33.6. The number of halogens is 2. The summed E-state index contributed by atoms with van der Waals surface area (Å²) in [5, 5.41) is 2.62. The quantitative estimate of drug-likeness (QED) is 0.165. The highest BCUT2D eigenvalue weighted by Crippen LogP contribution is 2.39. The summed E-state index contributed by atoms with van der Waals surface area (Å²) >= 11 is 1.45. The standard InChI is InChI=1S/C39H33F2N5O5S/c1-49-28-11-15-45(16-12-28)21-23-2-8-30(43-20-23)34-19-31-37(52-34)33(10-14-42-31)51-32-9-5-26(18-29(32)41)44-38(47)35-36-24(13-17-50-36)22-46(39(35)48)27-6-3-25(40)4-7-27/h2-10,14,18-20,22,28H,11-13,15-17,21H2,1H3,(H,44,47). The Morgan fingerprint density at radius 1 is 1.02 bits per heavy atom. The van der Waals surface area contributed by atoms with Gasteiger partial charge in [-0.2, -0.15) is 0 Å². The molecule has 2 aliphatic heterocycles. The van der Waals surface area contributed by atoms with E-state index in [0.29, 0.717) is 41.6 Å². The van der Waals surface area contributed by atoms with Crippen molar-refractivity contribution < 1.29 is 27.8 Å². The molecule has 6 heterocycles. The van der Waals surface area contributed by atoms with E-state index in [9.17, 15) is 14.0 Å². The van der Waals surface area contributed by atoms with Gasteiger partial charge in [-0.1, -0.05) is 6.07 Å².